The molecule has 0 aliphatic heterocycles. The van der Waals surface area contributed by atoms with Crippen molar-refractivity contribution in [2.24, 2.45) is 0 Å². The SMILES string of the molecule is CCCCCCCCCCCCCCCNCCCO. The van der Waals surface area contributed by atoms with Gasteiger partial charge in [0.25, 0.3) is 0 Å². The molecule has 0 fully saturated rings. The van der Waals surface area contributed by atoms with Crippen molar-refractivity contribution in [3.8, 4) is 0 Å². The molecule has 0 saturated carbocycles. The first-order valence-electron chi connectivity index (χ1n) is 9.23. The zero-order chi connectivity index (χ0) is 14.7. The summed E-state index contributed by atoms with van der Waals surface area (Å²) >= 11 is 0. The third-order valence-corrected chi connectivity index (χ3v) is 3.97. The standard InChI is InChI=1S/C18H39NO/c1-2-3-4-5-6-7-8-9-10-11-12-13-14-16-19-17-15-18-20/h19-20H,2-18H2,1H3. The van der Waals surface area contributed by atoms with Crippen LogP contribution >= 0.6 is 0 Å². The lowest BCUT2D eigenvalue weighted by Crippen LogP contribution is -2.17. The van der Waals surface area contributed by atoms with E-state index in [-0.39, 0.29) is 0 Å². The van der Waals surface area contributed by atoms with Gasteiger partial charge in [-0.3, -0.25) is 0 Å². The predicted molar refractivity (Wildman–Crippen MR) is 90.3 cm³/mol. The quantitative estimate of drug-likeness (QED) is 0.367. The molecular weight excluding hydrogens is 246 g/mol. The average molecular weight is 286 g/mol. The van der Waals surface area contributed by atoms with Gasteiger partial charge in [-0.2, -0.15) is 0 Å². The third kappa shape index (κ3) is 17.9. The van der Waals surface area contributed by atoms with Crippen LogP contribution < -0.4 is 5.32 Å². The smallest absolute Gasteiger partial charge is 0.0443 e. The number of unbranched alkanes of at least 4 members (excludes halogenated alkanes) is 12. The maximum atomic E-state index is 8.64. The molecule has 0 atom stereocenters. The highest BCUT2D eigenvalue weighted by Gasteiger charge is 1.93. The third-order valence-electron chi connectivity index (χ3n) is 3.97. The van der Waals surface area contributed by atoms with Gasteiger partial charge in [0.2, 0.25) is 0 Å². The number of nitrogens with one attached hydrogen (secondary N) is 1. The molecule has 0 amide bonds. The van der Waals surface area contributed by atoms with Crippen LogP contribution in [0, 0.1) is 0 Å². The zero-order valence-electron chi connectivity index (χ0n) is 14.0. The second-order valence-electron chi connectivity index (χ2n) is 6.07. The van der Waals surface area contributed by atoms with Crippen LogP contribution in [0.15, 0.2) is 0 Å². The molecule has 0 aromatic carbocycles. The van der Waals surface area contributed by atoms with Gasteiger partial charge in [-0.05, 0) is 25.9 Å². The highest BCUT2D eigenvalue weighted by molar-refractivity contribution is 4.51. The van der Waals surface area contributed by atoms with E-state index in [1.807, 2.05) is 0 Å². The second-order valence-corrected chi connectivity index (χ2v) is 6.07. The summed E-state index contributed by atoms with van der Waals surface area (Å²) in [6.07, 6.45) is 19.3. The van der Waals surface area contributed by atoms with Crippen molar-refractivity contribution in [2.75, 3.05) is 19.7 Å². The van der Waals surface area contributed by atoms with Crippen LogP contribution in [-0.2, 0) is 0 Å². The minimum absolute atomic E-state index is 0.311. The Morgan fingerprint density at radius 1 is 0.550 bits per heavy atom. The van der Waals surface area contributed by atoms with Crippen molar-refractivity contribution in [3.63, 3.8) is 0 Å². The summed E-state index contributed by atoms with van der Waals surface area (Å²) in [5, 5.41) is 12.0. The van der Waals surface area contributed by atoms with Gasteiger partial charge in [0.05, 0.1) is 0 Å². The Kier molecular flexibility index (Phi) is 18.8. The molecule has 2 heteroatoms. The molecular formula is C18H39NO. The van der Waals surface area contributed by atoms with Gasteiger partial charge in [0.15, 0.2) is 0 Å². The molecule has 0 aromatic rings. The molecule has 0 aromatic heterocycles. The maximum absolute atomic E-state index is 8.64. The summed E-state index contributed by atoms with van der Waals surface area (Å²) in [6, 6.07) is 0. The molecule has 0 rings (SSSR count). The van der Waals surface area contributed by atoms with Crippen LogP contribution in [0.2, 0.25) is 0 Å². The fourth-order valence-corrected chi connectivity index (χ4v) is 2.60. The Morgan fingerprint density at radius 2 is 0.950 bits per heavy atom. The van der Waals surface area contributed by atoms with E-state index in [1.54, 1.807) is 0 Å². The molecule has 2 nitrogen and oxygen atoms in total. The van der Waals surface area contributed by atoms with E-state index in [4.69, 9.17) is 5.11 Å². The van der Waals surface area contributed by atoms with Crippen LogP contribution in [0.25, 0.3) is 0 Å². The Hall–Kier alpha value is -0.0800. The lowest BCUT2D eigenvalue weighted by atomic mass is 10.0. The Morgan fingerprint density at radius 3 is 1.40 bits per heavy atom. The minimum Gasteiger partial charge on any atom is -0.396 e. The number of hydrogen-bond donors (Lipinski definition) is 2. The topological polar surface area (TPSA) is 32.3 Å². The second kappa shape index (κ2) is 18.9. The number of aliphatic hydroxyl groups is 1. The molecule has 0 aliphatic carbocycles. The van der Waals surface area contributed by atoms with Gasteiger partial charge in [0.1, 0.15) is 0 Å². The first kappa shape index (κ1) is 19.9. The van der Waals surface area contributed by atoms with Gasteiger partial charge in [-0.15, -0.1) is 0 Å². The number of hydrogen-bond acceptors (Lipinski definition) is 2. The molecule has 0 spiro atoms. The summed E-state index contributed by atoms with van der Waals surface area (Å²) in [7, 11) is 0. The van der Waals surface area contributed by atoms with Crippen LogP contribution in [0.5, 0.6) is 0 Å². The van der Waals surface area contributed by atoms with Crippen molar-refractivity contribution in [1.29, 1.82) is 0 Å². The fraction of sp³-hybridized carbons (Fsp3) is 1.00. The van der Waals surface area contributed by atoms with Crippen LogP contribution in [-0.4, -0.2) is 24.8 Å². The molecule has 0 unspecified atom stereocenters. The first-order chi connectivity index (χ1) is 9.91. The van der Waals surface area contributed by atoms with E-state index in [2.05, 4.69) is 12.2 Å². The lowest BCUT2D eigenvalue weighted by Gasteiger charge is -2.04. The molecule has 122 valence electrons. The van der Waals surface area contributed by atoms with Crippen molar-refractivity contribution in [3.05, 3.63) is 0 Å². The van der Waals surface area contributed by atoms with E-state index in [0.717, 1.165) is 19.5 Å². The summed E-state index contributed by atoms with van der Waals surface area (Å²) in [4.78, 5) is 0. The van der Waals surface area contributed by atoms with Crippen molar-refractivity contribution in [2.45, 2.75) is 96.8 Å². The Balaban J connectivity index is 2.89. The van der Waals surface area contributed by atoms with Crippen LogP contribution in [0.1, 0.15) is 96.8 Å². The normalized spacial score (nSPS) is 11.1. The van der Waals surface area contributed by atoms with E-state index in [1.165, 1.54) is 83.5 Å². The average Bonchev–Trinajstić information content (AvgIpc) is 2.47. The number of aliphatic hydroxyl groups excluding tert-OH is 1. The summed E-state index contributed by atoms with van der Waals surface area (Å²) in [5.74, 6) is 0. The molecule has 0 heterocycles. The van der Waals surface area contributed by atoms with E-state index in [9.17, 15) is 0 Å². The monoisotopic (exact) mass is 285 g/mol. The molecule has 2 N–H and O–H groups in total. The predicted octanol–water partition coefficient (Wildman–Crippen LogP) is 5.05. The van der Waals surface area contributed by atoms with Crippen LogP contribution in [0.4, 0.5) is 0 Å². The van der Waals surface area contributed by atoms with Gasteiger partial charge < -0.3 is 10.4 Å². The fourth-order valence-electron chi connectivity index (χ4n) is 2.60. The summed E-state index contributed by atoms with van der Waals surface area (Å²) < 4.78 is 0. The maximum Gasteiger partial charge on any atom is 0.0443 e. The number of rotatable bonds is 17. The van der Waals surface area contributed by atoms with Gasteiger partial charge in [-0.25, -0.2) is 0 Å². The lowest BCUT2D eigenvalue weighted by molar-refractivity contribution is 0.286. The van der Waals surface area contributed by atoms with Gasteiger partial charge in [0, 0.05) is 6.61 Å². The molecule has 0 saturated heterocycles. The highest BCUT2D eigenvalue weighted by Crippen LogP contribution is 2.12. The minimum atomic E-state index is 0.311. The first-order valence-corrected chi connectivity index (χ1v) is 9.23. The van der Waals surface area contributed by atoms with Gasteiger partial charge >= 0.3 is 0 Å². The summed E-state index contributed by atoms with van der Waals surface area (Å²) in [5.41, 5.74) is 0. The van der Waals surface area contributed by atoms with Crippen molar-refractivity contribution >= 4 is 0 Å². The molecule has 0 bridgehead atoms. The zero-order valence-corrected chi connectivity index (χ0v) is 14.0. The molecule has 20 heavy (non-hydrogen) atoms. The molecule has 0 aliphatic rings. The largest absolute Gasteiger partial charge is 0.396 e. The highest BCUT2D eigenvalue weighted by atomic mass is 16.3. The van der Waals surface area contributed by atoms with E-state index in [0.29, 0.717) is 6.61 Å². The van der Waals surface area contributed by atoms with Crippen molar-refractivity contribution in [1.82, 2.24) is 5.32 Å². The van der Waals surface area contributed by atoms with E-state index < -0.39 is 0 Å². The van der Waals surface area contributed by atoms with E-state index >= 15 is 0 Å². The Bertz CT molecular complexity index is 143. The van der Waals surface area contributed by atoms with Crippen molar-refractivity contribution < 1.29 is 5.11 Å². The van der Waals surface area contributed by atoms with Crippen LogP contribution in [0.3, 0.4) is 0 Å². The molecule has 0 radical (unpaired) electrons. The summed E-state index contributed by atoms with van der Waals surface area (Å²) in [6.45, 7) is 4.68. The van der Waals surface area contributed by atoms with Gasteiger partial charge in [-0.1, -0.05) is 84.0 Å². The Labute approximate surface area is 127 Å².